The zero-order chi connectivity index (χ0) is 12.9. The highest BCUT2D eigenvalue weighted by Gasteiger charge is 2.23. The van der Waals surface area contributed by atoms with Gasteiger partial charge in [-0.1, -0.05) is 34.1 Å². The standard InChI is InChI=1S/C14H28N2O/c1-11(2)14(3,4)10-16-13(17)9-12-7-5-6-8-15-12/h11-12,15H,5-10H2,1-4H3,(H,16,17). The average molecular weight is 240 g/mol. The summed E-state index contributed by atoms with van der Waals surface area (Å²) in [5.41, 5.74) is 0.176. The molecule has 1 amide bonds. The van der Waals surface area contributed by atoms with Gasteiger partial charge in [-0.15, -0.1) is 0 Å². The largest absolute Gasteiger partial charge is 0.356 e. The summed E-state index contributed by atoms with van der Waals surface area (Å²) in [7, 11) is 0. The van der Waals surface area contributed by atoms with Gasteiger partial charge < -0.3 is 10.6 Å². The van der Waals surface area contributed by atoms with E-state index in [4.69, 9.17) is 0 Å². The fraction of sp³-hybridized carbons (Fsp3) is 0.929. The molecule has 3 nitrogen and oxygen atoms in total. The lowest BCUT2D eigenvalue weighted by Gasteiger charge is -2.30. The Labute approximate surface area is 106 Å². The van der Waals surface area contributed by atoms with Gasteiger partial charge in [-0.25, -0.2) is 0 Å². The molecule has 2 N–H and O–H groups in total. The first-order valence-electron chi connectivity index (χ1n) is 6.92. The molecule has 0 saturated carbocycles. The monoisotopic (exact) mass is 240 g/mol. The van der Waals surface area contributed by atoms with E-state index in [0.717, 1.165) is 19.5 Å². The molecule has 1 aliphatic heterocycles. The number of carbonyl (C=O) groups is 1. The molecule has 0 bridgehead atoms. The van der Waals surface area contributed by atoms with Crippen molar-refractivity contribution in [3.8, 4) is 0 Å². The molecule has 0 aromatic carbocycles. The van der Waals surface area contributed by atoms with E-state index < -0.39 is 0 Å². The number of piperidine rings is 1. The van der Waals surface area contributed by atoms with Crippen LogP contribution in [0.2, 0.25) is 0 Å². The Morgan fingerprint density at radius 1 is 1.41 bits per heavy atom. The van der Waals surface area contributed by atoms with Crippen molar-refractivity contribution in [1.29, 1.82) is 0 Å². The second-order valence-corrected chi connectivity index (χ2v) is 6.27. The van der Waals surface area contributed by atoms with Gasteiger partial charge in [0.25, 0.3) is 0 Å². The maximum absolute atomic E-state index is 11.8. The van der Waals surface area contributed by atoms with Crippen LogP contribution >= 0.6 is 0 Å². The fourth-order valence-electron chi connectivity index (χ4n) is 1.92. The third kappa shape index (κ3) is 5.07. The van der Waals surface area contributed by atoms with Crippen LogP contribution in [0.25, 0.3) is 0 Å². The van der Waals surface area contributed by atoms with E-state index >= 15 is 0 Å². The third-order valence-electron chi connectivity index (χ3n) is 4.15. The molecule has 17 heavy (non-hydrogen) atoms. The highest BCUT2D eigenvalue weighted by Crippen LogP contribution is 2.24. The molecule has 1 unspecified atom stereocenters. The average Bonchev–Trinajstić information content (AvgIpc) is 2.28. The smallest absolute Gasteiger partial charge is 0.221 e. The van der Waals surface area contributed by atoms with Crippen molar-refractivity contribution in [2.45, 2.75) is 59.4 Å². The molecule has 0 aromatic heterocycles. The van der Waals surface area contributed by atoms with Crippen LogP contribution in [0.4, 0.5) is 0 Å². The van der Waals surface area contributed by atoms with Crippen LogP contribution in [0.15, 0.2) is 0 Å². The predicted octanol–water partition coefficient (Wildman–Crippen LogP) is 2.32. The second kappa shape index (κ2) is 6.39. The highest BCUT2D eigenvalue weighted by molar-refractivity contribution is 5.76. The van der Waals surface area contributed by atoms with Gasteiger partial charge in [0.05, 0.1) is 0 Å². The minimum atomic E-state index is 0.176. The van der Waals surface area contributed by atoms with Gasteiger partial charge in [-0.3, -0.25) is 4.79 Å². The summed E-state index contributed by atoms with van der Waals surface area (Å²) in [6.45, 7) is 10.7. The van der Waals surface area contributed by atoms with Crippen molar-refractivity contribution < 1.29 is 4.79 Å². The minimum absolute atomic E-state index is 0.176. The molecule has 1 saturated heterocycles. The van der Waals surface area contributed by atoms with Gasteiger partial charge in [-0.2, -0.15) is 0 Å². The van der Waals surface area contributed by atoms with E-state index in [1.165, 1.54) is 12.8 Å². The Morgan fingerprint density at radius 3 is 2.65 bits per heavy atom. The van der Waals surface area contributed by atoms with Crippen molar-refractivity contribution in [1.82, 2.24) is 10.6 Å². The number of hydrogen-bond acceptors (Lipinski definition) is 2. The molecule has 1 rings (SSSR count). The zero-order valence-electron chi connectivity index (χ0n) is 11.8. The lowest BCUT2D eigenvalue weighted by Crippen LogP contribution is -2.42. The summed E-state index contributed by atoms with van der Waals surface area (Å²) in [4.78, 5) is 11.8. The summed E-state index contributed by atoms with van der Waals surface area (Å²) >= 11 is 0. The van der Waals surface area contributed by atoms with Crippen LogP contribution < -0.4 is 10.6 Å². The zero-order valence-corrected chi connectivity index (χ0v) is 11.8. The number of carbonyl (C=O) groups excluding carboxylic acids is 1. The van der Waals surface area contributed by atoms with Crippen LogP contribution in [0.3, 0.4) is 0 Å². The highest BCUT2D eigenvalue weighted by atomic mass is 16.1. The first-order chi connectivity index (χ1) is 7.92. The number of amides is 1. The molecule has 1 heterocycles. The quantitative estimate of drug-likeness (QED) is 0.774. The summed E-state index contributed by atoms with van der Waals surface area (Å²) in [6.07, 6.45) is 4.27. The molecule has 0 aromatic rings. The van der Waals surface area contributed by atoms with Gasteiger partial charge in [0.15, 0.2) is 0 Å². The van der Waals surface area contributed by atoms with E-state index in [1.807, 2.05) is 0 Å². The summed E-state index contributed by atoms with van der Waals surface area (Å²) < 4.78 is 0. The minimum Gasteiger partial charge on any atom is -0.356 e. The van der Waals surface area contributed by atoms with Crippen molar-refractivity contribution in [2.24, 2.45) is 11.3 Å². The third-order valence-corrected chi connectivity index (χ3v) is 4.15. The molecule has 1 aliphatic rings. The van der Waals surface area contributed by atoms with Crippen LogP contribution in [-0.2, 0) is 4.79 Å². The van der Waals surface area contributed by atoms with Crippen LogP contribution in [-0.4, -0.2) is 25.0 Å². The molecule has 0 radical (unpaired) electrons. The lowest BCUT2D eigenvalue weighted by atomic mass is 9.81. The molecular weight excluding hydrogens is 212 g/mol. The number of nitrogens with one attached hydrogen (secondary N) is 2. The topological polar surface area (TPSA) is 41.1 Å². The van der Waals surface area contributed by atoms with Crippen LogP contribution in [0, 0.1) is 11.3 Å². The van der Waals surface area contributed by atoms with Gasteiger partial charge in [-0.05, 0) is 30.7 Å². The van der Waals surface area contributed by atoms with Crippen molar-refractivity contribution in [3.05, 3.63) is 0 Å². The summed E-state index contributed by atoms with van der Waals surface area (Å²) in [5.74, 6) is 0.772. The number of hydrogen-bond donors (Lipinski definition) is 2. The molecule has 3 heteroatoms. The second-order valence-electron chi connectivity index (χ2n) is 6.27. The van der Waals surface area contributed by atoms with E-state index in [1.54, 1.807) is 0 Å². The Balaban J connectivity index is 2.25. The van der Waals surface area contributed by atoms with Crippen molar-refractivity contribution >= 4 is 5.91 Å². The van der Waals surface area contributed by atoms with E-state index in [2.05, 4.69) is 38.3 Å². The molecule has 1 atom stereocenters. The van der Waals surface area contributed by atoms with Gasteiger partial charge >= 0.3 is 0 Å². The van der Waals surface area contributed by atoms with Gasteiger partial charge in [0.1, 0.15) is 0 Å². The van der Waals surface area contributed by atoms with Crippen LogP contribution in [0.5, 0.6) is 0 Å². The predicted molar refractivity (Wildman–Crippen MR) is 71.9 cm³/mol. The SMILES string of the molecule is CC(C)C(C)(C)CNC(=O)CC1CCCCN1. The normalized spacial score (nSPS) is 21.6. The van der Waals surface area contributed by atoms with Crippen molar-refractivity contribution in [3.63, 3.8) is 0 Å². The molecule has 1 fully saturated rings. The number of rotatable bonds is 5. The molecule has 100 valence electrons. The first-order valence-corrected chi connectivity index (χ1v) is 6.92. The Morgan fingerprint density at radius 2 is 2.12 bits per heavy atom. The van der Waals surface area contributed by atoms with Gasteiger partial charge in [0.2, 0.25) is 5.91 Å². The van der Waals surface area contributed by atoms with E-state index in [-0.39, 0.29) is 11.3 Å². The first kappa shape index (κ1) is 14.5. The summed E-state index contributed by atoms with van der Waals surface area (Å²) in [6, 6.07) is 0.394. The Kier molecular flexibility index (Phi) is 5.44. The lowest BCUT2D eigenvalue weighted by molar-refractivity contribution is -0.122. The van der Waals surface area contributed by atoms with E-state index in [0.29, 0.717) is 18.4 Å². The summed E-state index contributed by atoms with van der Waals surface area (Å²) in [5, 5.41) is 6.48. The van der Waals surface area contributed by atoms with E-state index in [9.17, 15) is 4.79 Å². The van der Waals surface area contributed by atoms with Crippen LogP contribution in [0.1, 0.15) is 53.4 Å². The fourth-order valence-corrected chi connectivity index (χ4v) is 1.92. The molecular formula is C14H28N2O. The maximum Gasteiger partial charge on any atom is 0.221 e. The Bertz CT molecular complexity index is 243. The van der Waals surface area contributed by atoms with Crippen molar-refractivity contribution in [2.75, 3.05) is 13.1 Å². The Hall–Kier alpha value is -0.570. The molecule has 0 spiro atoms. The molecule has 0 aliphatic carbocycles. The maximum atomic E-state index is 11.8. The van der Waals surface area contributed by atoms with Gasteiger partial charge in [0, 0.05) is 19.0 Å².